The maximum atomic E-state index is 5.72. The van der Waals surface area contributed by atoms with Crippen LogP contribution in [0.5, 0.6) is 0 Å². The van der Waals surface area contributed by atoms with Crippen LogP contribution in [0.3, 0.4) is 0 Å². The van der Waals surface area contributed by atoms with Crippen LogP contribution >= 0.6 is 0 Å². The van der Waals surface area contributed by atoms with Gasteiger partial charge in [0.05, 0.1) is 5.60 Å². The molecule has 58 valence electrons. The lowest BCUT2D eigenvalue weighted by Gasteiger charge is -2.32. The topological polar surface area (TPSA) is 21.3 Å². The summed E-state index contributed by atoms with van der Waals surface area (Å²) < 4.78 is 5.72. The van der Waals surface area contributed by atoms with Crippen molar-refractivity contribution in [2.75, 3.05) is 19.7 Å². The molecule has 0 aliphatic carbocycles. The van der Waals surface area contributed by atoms with Crippen molar-refractivity contribution in [3.8, 4) is 0 Å². The van der Waals surface area contributed by atoms with Gasteiger partial charge in [0.15, 0.2) is 0 Å². The van der Waals surface area contributed by atoms with E-state index in [0.29, 0.717) is 0 Å². The molecule has 2 fully saturated rings. The second-order valence-electron chi connectivity index (χ2n) is 3.42. The quantitative estimate of drug-likeness (QED) is 0.541. The number of nitrogens with one attached hydrogen (secondary N) is 1. The Morgan fingerprint density at radius 3 is 2.70 bits per heavy atom. The Labute approximate surface area is 61.9 Å². The number of hydrogen-bond acceptors (Lipinski definition) is 2. The fourth-order valence-corrected chi connectivity index (χ4v) is 2.03. The maximum Gasteiger partial charge on any atom is 0.0807 e. The third-order valence-corrected chi connectivity index (χ3v) is 2.62. The first kappa shape index (κ1) is 6.62. The summed E-state index contributed by atoms with van der Waals surface area (Å²) in [4.78, 5) is 0. The van der Waals surface area contributed by atoms with Crippen molar-refractivity contribution in [3.05, 3.63) is 0 Å². The van der Waals surface area contributed by atoms with E-state index in [1.807, 2.05) is 0 Å². The number of ether oxygens (including phenoxy) is 1. The zero-order chi connectivity index (χ0) is 6.86. The van der Waals surface area contributed by atoms with Crippen LogP contribution in [0.25, 0.3) is 0 Å². The van der Waals surface area contributed by atoms with Gasteiger partial charge >= 0.3 is 0 Å². The predicted molar refractivity (Wildman–Crippen MR) is 40.0 cm³/mol. The first-order chi connectivity index (χ1) is 4.91. The fraction of sp³-hybridized carbons (Fsp3) is 1.00. The van der Waals surface area contributed by atoms with E-state index < -0.39 is 0 Å². The summed E-state index contributed by atoms with van der Waals surface area (Å²) in [5.74, 6) is 0. The summed E-state index contributed by atoms with van der Waals surface area (Å²) >= 11 is 0. The second-order valence-corrected chi connectivity index (χ2v) is 3.42. The normalized spacial score (nSPS) is 40.8. The predicted octanol–water partition coefficient (Wildman–Crippen LogP) is 0.919. The van der Waals surface area contributed by atoms with Crippen molar-refractivity contribution in [2.24, 2.45) is 0 Å². The summed E-state index contributed by atoms with van der Waals surface area (Å²) in [6.07, 6.45) is 5.11. The van der Waals surface area contributed by atoms with Gasteiger partial charge < -0.3 is 10.1 Å². The van der Waals surface area contributed by atoms with E-state index in [0.717, 1.165) is 13.2 Å². The Bertz CT molecular complexity index is 110. The SMILES string of the molecule is C1CNC[C@@]2(C1)CCCO2. The van der Waals surface area contributed by atoms with Crippen LogP contribution in [0.4, 0.5) is 0 Å². The fourth-order valence-electron chi connectivity index (χ4n) is 2.03. The van der Waals surface area contributed by atoms with Crippen LogP contribution in [0.2, 0.25) is 0 Å². The van der Waals surface area contributed by atoms with Gasteiger partial charge in [0, 0.05) is 13.2 Å². The monoisotopic (exact) mass is 141 g/mol. The molecule has 2 nitrogen and oxygen atoms in total. The summed E-state index contributed by atoms with van der Waals surface area (Å²) in [5, 5.41) is 3.39. The molecule has 2 aliphatic rings. The third-order valence-electron chi connectivity index (χ3n) is 2.62. The van der Waals surface area contributed by atoms with Gasteiger partial charge in [-0.1, -0.05) is 0 Å². The molecule has 1 N–H and O–H groups in total. The zero-order valence-corrected chi connectivity index (χ0v) is 6.36. The van der Waals surface area contributed by atoms with Crippen molar-refractivity contribution in [2.45, 2.75) is 31.3 Å². The molecule has 1 spiro atoms. The molecule has 0 amide bonds. The molecule has 0 unspecified atom stereocenters. The molecular formula is C8H15NO. The van der Waals surface area contributed by atoms with Gasteiger partial charge in [-0.2, -0.15) is 0 Å². The average Bonchev–Trinajstić information content (AvgIpc) is 2.39. The second kappa shape index (κ2) is 2.51. The van der Waals surface area contributed by atoms with Crippen molar-refractivity contribution in [1.82, 2.24) is 5.32 Å². The van der Waals surface area contributed by atoms with Crippen LogP contribution in [-0.4, -0.2) is 25.3 Å². The van der Waals surface area contributed by atoms with Crippen LogP contribution in [0.1, 0.15) is 25.7 Å². The first-order valence-electron chi connectivity index (χ1n) is 4.26. The first-order valence-corrected chi connectivity index (χ1v) is 4.26. The number of hydrogen-bond donors (Lipinski definition) is 1. The summed E-state index contributed by atoms with van der Waals surface area (Å²) in [6, 6.07) is 0. The largest absolute Gasteiger partial charge is 0.374 e. The van der Waals surface area contributed by atoms with E-state index in [1.54, 1.807) is 0 Å². The van der Waals surface area contributed by atoms with Gasteiger partial charge in [-0.25, -0.2) is 0 Å². The molecule has 10 heavy (non-hydrogen) atoms. The molecule has 0 aromatic carbocycles. The molecule has 2 heteroatoms. The van der Waals surface area contributed by atoms with Gasteiger partial charge in [-0.05, 0) is 32.2 Å². The lowest BCUT2D eigenvalue weighted by atomic mass is 9.91. The number of piperidine rings is 1. The summed E-state index contributed by atoms with van der Waals surface area (Å²) in [7, 11) is 0. The minimum atomic E-state index is 0.262. The molecule has 0 saturated carbocycles. The van der Waals surface area contributed by atoms with E-state index in [-0.39, 0.29) is 5.60 Å². The highest BCUT2D eigenvalue weighted by Crippen LogP contribution is 2.31. The van der Waals surface area contributed by atoms with E-state index in [9.17, 15) is 0 Å². The minimum Gasteiger partial charge on any atom is -0.374 e. The zero-order valence-electron chi connectivity index (χ0n) is 6.36. The summed E-state index contributed by atoms with van der Waals surface area (Å²) in [5.41, 5.74) is 0.262. The minimum absolute atomic E-state index is 0.262. The molecule has 2 heterocycles. The van der Waals surface area contributed by atoms with Crippen molar-refractivity contribution < 1.29 is 4.74 Å². The Balaban J connectivity index is 1.98. The molecule has 2 aliphatic heterocycles. The summed E-state index contributed by atoms with van der Waals surface area (Å²) in [6.45, 7) is 3.26. The Morgan fingerprint density at radius 2 is 2.10 bits per heavy atom. The Kier molecular flexibility index (Phi) is 1.66. The van der Waals surface area contributed by atoms with Gasteiger partial charge in [-0.3, -0.25) is 0 Å². The lowest BCUT2D eigenvalue weighted by Crippen LogP contribution is -2.44. The van der Waals surface area contributed by atoms with Gasteiger partial charge in [-0.15, -0.1) is 0 Å². The van der Waals surface area contributed by atoms with Gasteiger partial charge in [0.2, 0.25) is 0 Å². The Hall–Kier alpha value is -0.0800. The van der Waals surface area contributed by atoms with Gasteiger partial charge in [0.25, 0.3) is 0 Å². The van der Waals surface area contributed by atoms with E-state index in [1.165, 1.54) is 32.2 Å². The molecule has 2 saturated heterocycles. The van der Waals surface area contributed by atoms with Crippen molar-refractivity contribution in [3.63, 3.8) is 0 Å². The van der Waals surface area contributed by atoms with Gasteiger partial charge in [0.1, 0.15) is 0 Å². The number of rotatable bonds is 0. The highest BCUT2D eigenvalue weighted by molar-refractivity contribution is 4.90. The van der Waals surface area contributed by atoms with Crippen LogP contribution in [0, 0.1) is 0 Å². The highest BCUT2D eigenvalue weighted by Gasteiger charge is 2.35. The van der Waals surface area contributed by atoms with Crippen molar-refractivity contribution >= 4 is 0 Å². The van der Waals surface area contributed by atoms with Crippen molar-refractivity contribution in [1.29, 1.82) is 0 Å². The third kappa shape index (κ3) is 1.06. The Morgan fingerprint density at radius 1 is 1.20 bits per heavy atom. The molecular weight excluding hydrogens is 126 g/mol. The molecule has 0 aromatic heterocycles. The molecule has 1 atom stereocenters. The van der Waals surface area contributed by atoms with Crippen LogP contribution in [-0.2, 0) is 4.74 Å². The van der Waals surface area contributed by atoms with E-state index >= 15 is 0 Å². The van der Waals surface area contributed by atoms with Crippen LogP contribution < -0.4 is 5.32 Å². The molecule has 0 radical (unpaired) electrons. The van der Waals surface area contributed by atoms with E-state index in [2.05, 4.69) is 5.32 Å². The van der Waals surface area contributed by atoms with Crippen LogP contribution in [0.15, 0.2) is 0 Å². The standard InChI is InChI=1S/C8H15NO/c1-3-8(7-9-5-1)4-2-6-10-8/h9H,1-7H2/t8-/m1/s1. The average molecular weight is 141 g/mol. The molecule has 0 aromatic rings. The maximum absolute atomic E-state index is 5.72. The smallest absolute Gasteiger partial charge is 0.0807 e. The molecule has 2 rings (SSSR count). The lowest BCUT2D eigenvalue weighted by molar-refractivity contribution is -0.0137. The molecule has 0 bridgehead atoms. The highest BCUT2D eigenvalue weighted by atomic mass is 16.5. The van der Waals surface area contributed by atoms with E-state index in [4.69, 9.17) is 4.74 Å².